The van der Waals surface area contributed by atoms with E-state index in [-0.39, 0.29) is 24.5 Å². The van der Waals surface area contributed by atoms with Crippen molar-refractivity contribution in [1.82, 2.24) is 24.5 Å². The van der Waals surface area contributed by atoms with Crippen molar-refractivity contribution in [2.24, 2.45) is 0 Å². The Bertz CT molecular complexity index is 1680. The Morgan fingerprint density at radius 3 is 2.45 bits per heavy atom. The van der Waals surface area contributed by atoms with Crippen molar-refractivity contribution >= 4 is 30.6 Å². The molecule has 0 radical (unpaired) electrons. The van der Waals surface area contributed by atoms with E-state index in [1.807, 2.05) is 63.2 Å². The highest BCUT2D eigenvalue weighted by Crippen LogP contribution is 2.37. The van der Waals surface area contributed by atoms with Crippen LogP contribution >= 0.6 is 0 Å². The largest absolute Gasteiger partial charge is 0.598 e. The van der Waals surface area contributed by atoms with Crippen LogP contribution in [-0.2, 0) is 27.1 Å². The fourth-order valence-corrected chi connectivity index (χ4v) is 6.56. The first-order valence-corrected chi connectivity index (χ1v) is 20.8. The lowest BCUT2D eigenvalue weighted by atomic mass is 10.0. The van der Waals surface area contributed by atoms with Crippen molar-refractivity contribution in [2.45, 2.75) is 96.1 Å². The summed E-state index contributed by atoms with van der Waals surface area (Å²) in [6, 6.07) is 14.1. The number of methoxy groups -OCH3 is 1. The van der Waals surface area contributed by atoms with Gasteiger partial charge in [-0.15, -0.1) is 4.72 Å². The zero-order valence-electron chi connectivity index (χ0n) is 30.2. The summed E-state index contributed by atoms with van der Waals surface area (Å²) in [5.74, 6) is 1.22. The number of aliphatic hydroxyl groups is 1. The minimum atomic E-state index is -1.98. The Morgan fingerprint density at radius 2 is 1.78 bits per heavy atom. The van der Waals surface area contributed by atoms with Crippen molar-refractivity contribution < 1.29 is 27.9 Å². The second-order valence-corrected chi connectivity index (χ2v) is 21.5. The number of halogens is 1. The van der Waals surface area contributed by atoms with Crippen LogP contribution < -0.4 is 9.46 Å². The van der Waals surface area contributed by atoms with Crippen molar-refractivity contribution in [1.29, 1.82) is 0 Å². The van der Waals surface area contributed by atoms with Crippen LogP contribution in [0, 0.1) is 0 Å². The van der Waals surface area contributed by atoms with Gasteiger partial charge in [0.05, 0.1) is 47.4 Å². The molecule has 10 nitrogen and oxygen atoms in total. The first-order chi connectivity index (χ1) is 23.1. The van der Waals surface area contributed by atoms with Crippen LogP contribution in [0.2, 0.25) is 18.1 Å². The van der Waals surface area contributed by atoms with Gasteiger partial charge in [-0.2, -0.15) is 5.10 Å². The summed E-state index contributed by atoms with van der Waals surface area (Å²) in [6.45, 7) is 17.5. The fourth-order valence-electron chi connectivity index (χ4n) is 4.77. The summed E-state index contributed by atoms with van der Waals surface area (Å²) in [4.78, 5) is 9.79. The van der Waals surface area contributed by atoms with Crippen molar-refractivity contribution in [3.63, 3.8) is 0 Å². The summed E-state index contributed by atoms with van der Waals surface area (Å²) in [5, 5.41) is 14.9. The molecule has 0 bridgehead atoms. The molecule has 3 aromatic heterocycles. The molecule has 3 atom stereocenters. The van der Waals surface area contributed by atoms with E-state index < -0.39 is 36.6 Å². The Labute approximate surface area is 294 Å². The van der Waals surface area contributed by atoms with Gasteiger partial charge < -0.3 is 23.6 Å². The van der Waals surface area contributed by atoms with Crippen LogP contribution in [0.25, 0.3) is 28.0 Å². The normalized spacial score (nSPS) is 14.6. The van der Waals surface area contributed by atoms with Crippen molar-refractivity contribution in [2.75, 3.05) is 26.9 Å². The number of aliphatic hydroxyl groups excluding tert-OH is 1. The van der Waals surface area contributed by atoms with Crippen LogP contribution in [-0.4, -0.2) is 75.6 Å². The predicted octanol–water partition coefficient (Wildman–Crippen LogP) is 7.23. The van der Waals surface area contributed by atoms with Gasteiger partial charge in [0.25, 0.3) is 0 Å². The lowest BCUT2D eigenvalue weighted by Crippen LogP contribution is -2.44. The average molecular weight is 714 g/mol. The molecule has 4 aromatic rings. The smallest absolute Gasteiger partial charge is 0.192 e. The Hall–Kier alpha value is -2.91. The van der Waals surface area contributed by atoms with Crippen molar-refractivity contribution in [3.05, 3.63) is 66.1 Å². The van der Waals surface area contributed by atoms with Crippen LogP contribution in [0.15, 0.2) is 54.7 Å². The van der Waals surface area contributed by atoms with Gasteiger partial charge in [0, 0.05) is 30.6 Å². The topological polar surface area (TPSA) is 127 Å². The van der Waals surface area contributed by atoms with E-state index in [0.29, 0.717) is 42.8 Å². The Morgan fingerprint density at radius 1 is 1.04 bits per heavy atom. The summed E-state index contributed by atoms with van der Waals surface area (Å²) < 4.78 is 50.8. The summed E-state index contributed by atoms with van der Waals surface area (Å²) in [7, 11) is -0.364. The van der Waals surface area contributed by atoms with Gasteiger partial charge in [-0.05, 0) is 88.1 Å². The molecule has 4 rings (SSSR count). The number of fused-ring (bicyclic) bond motifs is 1. The van der Waals surface area contributed by atoms with E-state index in [4.69, 9.17) is 29.0 Å². The number of benzene rings is 1. The molecule has 2 N–H and O–H groups in total. The zero-order valence-corrected chi connectivity index (χ0v) is 32.1. The fraction of sp³-hybridized carbons (Fsp3) is 0.528. The molecule has 1 unspecified atom stereocenters. The maximum atomic E-state index is 15.7. The molecule has 49 heavy (non-hydrogen) atoms. The maximum Gasteiger partial charge on any atom is 0.192 e. The monoisotopic (exact) mass is 713 g/mol. The molecule has 0 saturated carbocycles. The van der Waals surface area contributed by atoms with E-state index >= 15 is 4.39 Å². The number of alkyl halides is 1. The number of nitrogens with one attached hydrogen (secondary N) is 1. The highest BCUT2D eigenvalue weighted by atomic mass is 32.2. The summed E-state index contributed by atoms with van der Waals surface area (Å²) >= 11 is -1.55. The molecular formula is C36H52FN5O5SSi. The van der Waals surface area contributed by atoms with E-state index in [2.05, 4.69) is 38.6 Å². The molecule has 0 fully saturated rings. The number of aromatic nitrogens is 4. The third-order valence-electron chi connectivity index (χ3n) is 8.77. The van der Waals surface area contributed by atoms with Crippen LogP contribution in [0.4, 0.5) is 4.39 Å². The highest BCUT2D eigenvalue weighted by molar-refractivity contribution is 7.90. The molecule has 0 aliphatic rings. The lowest BCUT2D eigenvalue weighted by molar-refractivity contribution is 0.147. The molecule has 268 valence electrons. The third kappa shape index (κ3) is 9.87. The van der Waals surface area contributed by atoms with Gasteiger partial charge in [0.1, 0.15) is 29.3 Å². The van der Waals surface area contributed by atoms with Gasteiger partial charge >= 0.3 is 0 Å². The predicted molar refractivity (Wildman–Crippen MR) is 196 cm³/mol. The minimum absolute atomic E-state index is 0.0774. The molecule has 1 aromatic carbocycles. The molecule has 0 amide bonds. The number of rotatable bonds is 16. The Balaban J connectivity index is 1.77. The van der Waals surface area contributed by atoms with Crippen LogP contribution in [0.5, 0.6) is 5.75 Å². The Kier molecular flexibility index (Phi) is 13.0. The molecule has 0 saturated heterocycles. The second-order valence-electron chi connectivity index (χ2n) is 14.6. The molecule has 13 heteroatoms. The molecule has 0 aliphatic heterocycles. The summed E-state index contributed by atoms with van der Waals surface area (Å²) in [5.41, 5.74) is 3.27. The minimum Gasteiger partial charge on any atom is -0.598 e. The quantitative estimate of drug-likeness (QED) is 0.0703. The third-order valence-corrected chi connectivity index (χ3v) is 14.8. The van der Waals surface area contributed by atoms with Gasteiger partial charge in [0.15, 0.2) is 14.1 Å². The first kappa shape index (κ1) is 38.9. The van der Waals surface area contributed by atoms with E-state index in [1.165, 1.54) is 0 Å². The van der Waals surface area contributed by atoms with Gasteiger partial charge in [-0.1, -0.05) is 32.9 Å². The summed E-state index contributed by atoms with van der Waals surface area (Å²) in [6.07, 6.45) is 0.706. The van der Waals surface area contributed by atoms with E-state index in [1.54, 1.807) is 24.1 Å². The van der Waals surface area contributed by atoms with E-state index in [0.717, 1.165) is 22.2 Å². The lowest BCUT2D eigenvalue weighted by Gasteiger charge is -2.36. The number of ether oxygens (including phenoxy) is 2. The zero-order chi connectivity index (χ0) is 36.0. The van der Waals surface area contributed by atoms with Crippen LogP contribution in [0.1, 0.15) is 71.8 Å². The molecule has 0 aliphatic carbocycles. The molecular weight excluding hydrogens is 662 g/mol. The highest BCUT2D eigenvalue weighted by Gasteiger charge is 2.37. The van der Waals surface area contributed by atoms with Gasteiger partial charge in [-0.3, -0.25) is 4.98 Å². The molecule has 0 spiro atoms. The van der Waals surface area contributed by atoms with E-state index in [9.17, 15) is 9.66 Å². The van der Waals surface area contributed by atoms with Gasteiger partial charge in [-0.25, -0.2) is 14.1 Å². The number of pyridine rings is 2. The SMILES string of the molecule is COCCOc1cc(-c2cccc([C@@H](N[S@+]([O-])C(C)(C)C)C(F)CCCO)n2)cc2c1cnn2-c1cccc(CO[Si](C)(C)C(C)(C)C)n1. The number of nitrogens with zero attached hydrogens (tertiary/aromatic N) is 4. The average Bonchev–Trinajstić information content (AvgIpc) is 3.49. The standard InChI is InChI=1S/C36H52FN5O5SSi/c1-35(2,3)48(44)41-34(28(37)14-12-18-43)30-16-11-15-29(40-30)25-21-31-27(32(22-25)46-20-19-45-7)23-38-42(31)33-17-10-13-26(39-33)24-47-49(8,9)36(4,5)6/h10-11,13,15-17,21-23,28,34,41,43H,12,14,18-20,24H2,1-9H3/t28?,34-,48+/m0/s1. The maximum absolute atomic E-state index is 15.7. The number of hydrogen-bond acceptors (Lipinski definition) is 9. The number of hydrogen-bond donors (Lipinski definition) is 2. The van der Waals surface area contributed by atoms with Crippen LogP contribution in [0.3, 0.4) is 0 Å². The van der Waals surface area contributed by atoms with Gasteiger partial charge in [0.2, 0.25) is 0 Å². The molecule has 3 heterocycles. The second kappa shape index (κ2) is 16.4. The first-order valence-electron chi connectivity index (χ1n) is 16.7. The van der Waals surface area contributed by atoms with Crippen molar-refractivity contribution in [3.8, 4) is 22.8 Å².